The number of hydrogen-bond donors (Lipinski definition) is 0. The van der Waals surface area contributed by atoms with Gasteiger partial charge in [0, 0.05) is 0 Å². The fraction of sp³-hybridized carbons (Fsp3) is 0.750. The molecule has 0 saturated carbocycles. The Morgan fingerprint density at radius 3 is 2.36 bits per heavy atom. The van der Waals surface area contributed by atoms with Crippen molar-refractivity contribution in [2.24, 2.45) is 5.92 Å². The number of ether oxygens (including phenoxy) is 1. The molecular weight excluding hydrogens is 144 g/mol. The molecule has 0 saturated heterocycles. The van der Waals surface area contributed by atoms with Gasteiger partial charge in [-0.15, -0.1) is 0 Å². The highest BCUT2D eigenvalue weighted by Crippen LogP contribution is 2.08. The van der Waals surface area contributed by atoms with Crippen molar-refractivity contribution in [3.05, 3.63) is 0 Å². The Labute approximate surface area is 66.7 Å². The van der Waals surface area contributed by atoms with Crippen LogP contribution in [0.3, 0.4) is 0 Å². The summed E-state index contributed by atoms with van der Waals surface area (Å²) in [7, 11) is 0. The highest BCUT2D eigenvalue weighted by molar-refractivity contribution is 5.73. The zero-order chi connectivity index (χ0) is 8.69. The van der Waals surface area contributed by atoms with E-state index in [9.17, 15) is 9.59 Å². The first-order valence-corrected chi connectivity index (χ1v) is 3.86. The zero-order valence-electron chi connectivity index (χ0n) is 7.00. The minimum absolute atomic E-state index is 0.0463. The van der Waals surface area contributed by atoms with Crippen molar-refractivity contribution in [1.29, 1.82) is 0 Å². The smallest absolute Gasteiger partial charge is 0.309 e. The molecule has 3 heteroatoms. The summed E-state index contributed by atoms with van der Waals surface area (Å²) < 4.78 is 4.63. The van der Waals surface area contributed by atoms with E-state index < -0.39 is 0 Å². The number of hydrogen-bond acceptors (Lipinski definition) is 3. The SMILES string of the molecule is CCC(CC)C(=O)OCC=O. The van der Waals surface area contributed by atoms with Crippen molar-refractivity contribution < 1.29 is 14.3 Å². The third-order valence-corrected chi connectivity index (χ3v) is 1.61. The Balaban J connectivity index is 3.69. The highest BCUT2D eigenvalue weighted by Gasteiger charge is 2.14. The van der Waals surface area contributed by atoms with E-state index in [0.717, 1.165) is 12.8 Å². The Kier molecular flexibility index (Phi) is 5.43. The molecule has 0 aromatic carbocycles. The van der Waals surface area contributed by atoms with Gasteiger partial charge in [0.1, 0.15) is 6.61 Å². The number of carbonyl (C=O) groups excluding carboxylic acids is 2. The van der Waals surface area contributed by atoms with Gasteiger partial charge in [-0.05, 0) is 12.8 Å². The normalized spacial score (nSPS) is 9.73. The Morgan fingerprint density at radius 2 is 2.00 bits per heavy atom. The number of esters is 1. The lowest BCUT2D eigenvalue weighted by Crippen LogP contribution is -2.17. The van der Waals surface area contributed by atoms with E-state index in [4.69, 9.17) is 0 Å². The Bertz CT molecular complexity index is 127. The predicted molar refractivity (Wildman–Crippen MR) is 41.1 cm³/mol. The topological polar surface area (TPSA) is 43.4 Å². The predicted octanol–water partition coefficient (Wildman–Crippen LogP) is 1.16. The average Bonchev–Trinajstić information content (AvgIpc) is 2.03. The number of rotatable bonds is 5. The van der Waals surface area contributed by atoms with Gasteiger partial charge >= 0.3 is 5.97 Å². The number of carbonyl (C=O) groups is 2. The first-order chi connectivity index (χ1) is 5.26. The molecule has 0 N–H and O–H groups in total. The molecule has 0 fully saturated rings. The highest BCUT2D eigenvalue weighted by atomic mass is 16.5. The second kappa shape index (κ2) is 5.89. The third-order valence-electron chi connectivity index (χ3n) is 1.61. The van der Waals surface area contributed by atoms with Crippen LogP contribution in [0.2, 0.25) is 0 Å². The van der Waals surface area contributed by atoms with Crippen LogP contribution in [0, 0.1) is 5.92 Å². The molecule has 11 heavy (non-hydrogen) atoms. The molecule has 0 atom stereocenters. The summed E-state index contributed by atoms with van der Waals surface area (Å²) in [6.45, 7) is 3.74. The molecule has 0 amide bonds. The van der Waals surface area contributed by atoms with Crippen LogP contribution in [-0.2, 0) is 14.3 Å². The van der Waals surface area contributed by atoms with Crippen molar-refractivity contribution in [3.8, 4) is 0 Å². The van der Waals surface area contributed by atoms with Crippen LogP contribution >= 0.6 is 0 Å². The summed E-state index contributed by atoms with van der Waals surface area (Å²) in [5, 5.41) is 0. The summed E-state index contributed by atoms with van der Waals surface area (Å²) in [6.07, 6.45) is 2.13. The second-order valence-corrected chi connectivity index (χ2v) is 2.31. The quantitative estimate of drug-likeness (QED) is 0.445. The summed E-state index contributed by atoms with van der Waals surface area (Å²) in [6, 6.07) is 0. The van der Waals surface area contributed by atoms with Gasteiger partial charge < -0.3 is 4.74 Å². The summed E-state index contributed by atoms with van der Waals surface area (Å²) in [5.41, 5.74) is 0. The molecule has 0 heterocycles. The second-order valence-electron chi connectivity index (χ2n) is 2.31. The van der Waals surface area contributed by atoms with E-state index >= 15 is 0 Å². The van der Waals surface area contributed by atoms with Crippen LogP contribution in [0.5, 0.6) is 0 Å². The van der Waals surface area contributed by atoms with Crippen molar-refractivity contribution in [2.45, 2.75) is 26.7 Å². The van der Waals surface area contributed by atoms with Crippen LogP contribution in [0.25, 0.3) is 0 Å². The number of aldehydes is 1. The Hall–Kier alpha value is -0.860. The van der Waals surface area contributed by atoms with Gasteiger partial charge in [0.2, 0.25) is 0 Å². The molecule has 3 nitrogen and oxygen atoms in total. The maximum atomic E-state index is 11.0. The molecule has 0 bridgehead atoms. The summed E-state index contributed by atoms with van der Waals surface area (Å²) in [4.78, 5) is 20.8. The van der Waals surface area contributed by atoms with Gasteiger partial charge in [0.05, 0.1) is 5.92 Å². The van der Waals surface area contributed by atoms with Gasteiger partial charge in [-0.2, -0.15) is 0 Å². The molecule has 0 unspecified atom stereocenters. The van der Waals surface area contributed by atoms with Crippen molar-refractivity contribution in [2.75, 3.05) is 6.61 Å². The molecule has 64 valence electrons. The van der Waals surface area contributed by atoms with Gasteiger partial charge in [-0.25, -0.2) is 0 Å². The van der Waals surface area contributed by atoms with Crippen molar-refractivity contribution in [1.82, 2.24) is 0 Å². The fourth-order valence-electron chi connectivity index (χ4n) is 0.856. The van der Waals surface area contributed by atoms with Crippen LogP contribution in [-0.4, -0.2) is 18.9 Å². The van der Waals surface area contributed by atoms with Gasteiger partial charge in [0.25, 0.3) is 0 Å². The largest absolute Gasteiger partial charge is 0.458 e. The van der Waals surface area contributed by atoms with E-state index in [1.807, 2.05) is 13.8 Å². The van der Waals surface area contributed by atoms with E-state index in [-0.39, 0.29) is 18.5 Å². The lowest BCUT2D eigenvalue weighted by Gasteiger charge is -2.09. The maximum absolute atomic E-state index is 11.0. The van der Waals surface area contributed by atoms with Crippen LogP contribution < -0.4 is 0 Å². The standard InChI is InChI=1S/C8H14O3/c1-3-7(4-2)8(10)11-6-5-9/h5,7H,3-4,6H2,1-2H3. The van der Waals surface area contributed by atoms with Crippen molar-refractivity contribution in [3.63, 3.8) is 0 Å². The minimum Gasteiger partial charge on any atom is -0.458 e. The summed E-state index contributed by atoms with van der Waals surface area (Å²) >= 11 is 0. The van der Waals surface area contributed by atoms with E-state index in [1.54, 1.807) is 0 Å². The lowest BCUT2D eigenvalue weighted by atomic mass is 10.0. The molecule has 0 aromatic heterocycles. The van der Waals surface area contributed by atoms with Crippen molar-refractivity contribution >= 4 is 12.3 Å². The van der Waals surface area contributed by atoms with E-state index in [2.05, 4.69) is 4.74 Å². The first-order valence-electron chi connectivity index (χ1n) is 3.86. The molecule has 0 rings (SSSR count). The molecular formula is C8H14O3. The molecule has 0 aliphatic carbocycles. The summed E-state index contributed by atoms with van der Waals surface area (Å²) in [5.74, 6) is -0.308. The van der Waals surface area contributed by atoms with Gasteiger partial charge in [0.15, 0.2) is 6.29 Å². The van der Waals surface area contributed by atoms with Crippen LogP contribution in [0.15, 0.2) is 0 Å². The first kappa shape index (κ1) is 10.1. The zero-order valence-corrected chi connectivity index (χ0v) is 7.00. The molecule has 0 spiro atoms. The van der Waals surface area contributed by atoms with Gasteiger partial charge in [-0.1, -0.05) is 13.8 Å². The lowest BCUT2D eigenvalue weighted by molar-refractivity contribution is -0.150. The minimum atomic E-state index is -0.262. The monoisotopic (exact) mass is 158 g/mol. The molecule has 0 aliphatic rings. The average molecular weight is 158 g/mol. The third kappa shape index (κ3) is 3.75. The molecule has 0 aromatic rings. The molecule has 0 radical (unpaired) electrons. The van der Waals surface area contributed by atoms with E-state index in [0.29, 0.717) is 6.29 Å². The van der Waals surface area contributed by atoms with Crippen LogP contribution in [0.1, 0.15) is 26.7 Å². The van der Waals surface area contributed by atoms with E-state index in [1.165, 1.54) is 0 Å². The van der Waals surface area contributed by atoms with Gasteiger partial charge in [-0.3, -0.25) is 9.59 Å². The Morgan fingerprint density at radius 1 is 1.45 bits per heavy atom. The van der Waals surface area contributed by atoms with Crippen LogP contribution in [0.4, 0.5) is 0 Å². The maximum Gasteiger partial charge on any atom is 0.309 e. The fourth-order valence-corrected chi connectivity index (χ4v) is 0.856. The molecule has 0 aliphatic heterocycles.